The van der Waals surface area contributed by atoms with Gasteiger partial charge in [-0.3, -0.25) is 4.79 Å². The molecule has 1 saturated carbocycles. The first kappa shape index (κ1) is 23.7. The lowest BCUT2D eigenvalue weighted by molar-refractivity contribution is -0.137. The van der Waals surface area contributed by atoms with Crippen molar-refractivity contribution in [2.45, 2.75) is 64.1 Å². The van der Waals surface area contributed by atoms with Gasteiger partial charge in [0.25, 0.3) is 5.91 Å². The Morgan fingerprint density at radius 1 is 1.12 bits per heavy atom. The Labute approximate surface area is 194 Å². The predicted octanol–water partition coefficient (Wildman–Crippen LogP) is 7.09. The maximum atomic E-state index is 13.1. The van der Waals surface area contributed by atoms with Crippen molar-refractivity contribution in [1.29, 1.82) is 0 Å². The average molecular weight is 477 g/mol. The van der Waals surface area contributed by atoms with Crippen LogP contribution in [0.1, 0.15) is 78.9 Å². The van der Waals surface area contributed by atoms with Crippen LogP contribution in [0.4, 0.5) is 18.9 Å². The van der Waals surface area contributed by atoms with Crippen LogP contribution >= 0.6 is 11.3 Å². The van der Waals surface area contributed by atoms with Gasteiger partial charge in [0, 0.05) is 22.7 Å². The van der Waals surface area contributed by atoms with Gasteiger partial charge in [-0.2, -0.15) is 13.2 Å². The van der Waals surface area contributed by atoms with E-state index in [2.05, 4.69) is 12.2 Å². The lowest BCUT2D eigenvalue weighted by atomic mass is 9.83. The third-order valence-electron chi connectivity index (χ3n) is 6.27. The van der Waals surface area contributed by atoms with E-state index >= 15 is 0 Å². The van der Waals surface area contributed by atoms with Gasteiger partial charge in [-0.25, -0.2) is 4.98 Å². The highest BCUT2D eigenvalue weighted by atomic mass is 32.1. The van der Waals surface area contributed by atoms with Crippen molar-refractivity contribution >= 4 is 33.1 Å². The lowest BCUT2D eigenvalue weighted by Gasteiger charge is -2.24. The van der Waals surface area contributed by atoms with Gasteiger partial charge in [-0.1, -0.05) is 25.8 Å². The minimum absolute atomic E-state index is 0.104. The van der Waals surface area contributed by atoms with Crippen molar-refractivity contribution in [3.63, 3.8) is 0 Å². The van der Waals surface area contributed by atoms with Crippen LogP contribution in [-0.2, 0) is 11.8 Å². The van der Waals surface area contributed by atoms with E-state index in [0.717, 1.165) is 46.1 Å². The van der Waals surface area contributed by atoms with Gasteiger partial charge in [-0.05, 0) is 62.9 Å². The molecule has 176 valence electrons. The number of amides is 1. The maximum absolute atomic E-state index is 13.1. The van der Waals surface area contributed by atoms with Crippen LogP contribution in [0, 0.1) is 5.92 Å². The molecule has 0 spiro atoms. The molecule has 2 aromatic carbocycles. The topological polar surface area (TPSA) is 62.2 Å². The number of carbonyl (C=O) groups excluding carboxylic acids is 1. The van der Waals surface area contributed by atoms with Crippen LogP contribution in [-0.4, -0.2) is 16.0 Å². The van der Waals surface area contributed by atoms with E-state index in [-0.39, 0.29) is 5.56 Å². The fraction of sp³-hybridized carbons (Fsp3) is 0.440. The first-order chi connectivity index (χ1) is 15.4. The Kier molecular flexibility index (Phi) is 6.26. The molecular formula is C25H27F3N2O2S. The van der Waals surface area contributed by atoms with Gasteiger partial charge in [0.2, 0.25) is 0 Å². The van der Waals surface area contributed by atoms with Crippen molar-refractivity contribution < 1.29 is 23.1 Å². The van der Waals surface area contributed by atoms with E-state index in [0.29, 0.717) is 17.2 Å². The summed E-state index contributed by atoms with van der Waals surface area (Å²) in [7, 11) is 0. The van der Waals surface area contributed by atoms with Crippen LogP contribution in [0.25, 0.3) is 10.2 Å². The summed E-state index contributed by atoms with van der Waals surface area (Å²) in [5.41, 5.74) is -0.693. The van der Waals surface area contributed by atoms with Crippen LogP contribution in [0.5, 0.6) is 0 Å². The van der Waals surface area contributed by atoms with Crippen molar-refractivity contribution in [2.24, 2.45) is 5.92 Å². The van der Waals surface area contributed by atoms with Crippen molar-refractivity contribution in [3.05, 3.63) is 58.1 Å². The van der Waals surface area contributed by atoms with Crippen LogP contribution in [0.3, 0.4) is 0 Å². The molecule has 8 heteroatoms. The van der Waals surface area contributed by atoms with E-state index in [1.54, 1.807) is 37.3 Å². The van der Waals surface area contributed by atoms with Gasteiger partial charge >= 0.3 is 6.18 Å². The first-order valence-electron chi connectivity index (χ1n) is 11.1. The summed E-state index contributed by atoms with van der Waals surface area (Å²) in [6.07, 6.45) is 0.00196. The molecule has 0 atom stereocenters. The quantitative estimate of drug-likeness (QED) is 0.423. The van der Waals surface area contributed by atoms with E-state index in [4.69, 9.17) is 4.98 Å². The largest absolute Gasteiger partial charge is 0.416 e. The second-order valence-corrected chi connectivity index (χ2v) is 10.5. The predicted molar refractivity (Wildman–Crippen MR) is 125 cm³/mol. The van der Waals surface area contributed by atoms with Gasteiger partial charge < -0.3 is 10.4 Å². The second-order valence-electron chi connectivity index (χ2n) is 9.47. The van der Waals surface area contributed by atoms with E-state index < -0.39 is 23.2 Å². The molecule has 0 bridgehead atoms. The number of thiazole rings is 1. The molecule has 0 saturated heterocycles. The number of nitrogens with zero attached hydrogens (tertiary/aromatic N) is 1. The standard InChI is InChI=1S/C25H27F3N2O2S/c1-14-7-9-15(10-8-14)23-30-20-12-18(24(2,3)32)19(13-21(20)33-23)29-22(31)16-5-4-6-17(11-16)25(26,27)28/h4-6,11-15,32H,7-10H2,1-3H3,(H,29,31)/t14-,15-. The fourth-order valence-electron chi connectivity index (χ4n) is 4.31. The smallest absolute Gasteiger partial charge is 0.386 e. The number of aliphatic hydroxyl groups is 1. The van der Waals surface area contributed by atoms with Crippen molar-refractivity contribution in [3.8, 4) is 0 Å². The van der Waals surface area contributed by atoms with Crippen LogP contribution in [0.2, 0.25) is 0 Å². The number of rotatable bonds is 4. The summed E-state index contributed by atoms with van der Waals surface area (Å²) in [4.78, 5) is 17.6. The normalized spacial score (nSPS) is 19.6. The van der Waals surface area contributed by atoms with Crippen LogP contribution in [0.15, 0.2) is 36.4 Å². The summed E-state index contributed by atoms with van der Waals surface area (Å²) in [6, 6.07) is 7.83. The van der Waals surface area contributed by atoms with E-state index in [1.165, 1.54) is 25.0 Å². The number of aromatic nitrogens is 1. The Bertz CT molecular complexity index is 1170. The molecule has 1 amide bonds. The molecule has 33 heavy (non-hydrogen) atoms. The highest BCUT2D eigenvalue weighted by molar-refractivity contribution is 7.18. The Morgan fingerprint density at radius 3 is 2.45 bits per heavy atom. The number of alkyl halides is 3. The maximum Gasteiger partial charge on any atom is 0.416 e. The van der Waals surface area contributed by atoms with Gasteiger partial charge in [0.05, 0.1) is 26.4 Å². The number of fused-ring (bicyclic) bond motifs is 1. The third-order valence-corrected chi connectivity index (χ3v) is 7.45. The van der Waals surface area contributed by atoms with Gasteiger partial charge in [-0.15, -0.1) is 11.3 Å². The molecule has 1 aromatic heterocycles. The Morgan fingerprint density at radius 2 is 1.82 bits per heavy atom. The second kappa shape index (κ2) is 8.72. The molecular weight excluding hydrogens is 449 g/mol. The molecule has 1 aliphatic carbocycles. The number of carbonyl (C=O) groups is 1. The highest BCUT2D eigenvalue weighted by Gasteiger charge is 2.31. The number of nitrogens with one attached hydrogen (secondary N) is 1. The highest BCUT2D eigenvalue weighted by Crippen LogP contribution is 2.41. The lowest BCUT2D eigenvalue weighted by Crippen LogP contribution is -2.21. The summed E-state index contributed by atoms with van der Waals surface area (Å²) >= 11 is 1.57. The number of halogens is 3. The zero-order valence-electron chi connectivity index (χ0n) is 18.8. The fourth-order valence-corrected chi connectivity index (χ4v) is 5.47. The average Bonchev–Trinajstić information content (AvgIpc) is 3.15. The zero-order chi connectivity index (χ0) is 24.0. The number of benzene rings is 2. The zero-order valence-corrected chi connectivity index (χ0v) is 19.6. The van der Waals surface area contributed by atoms with E-state index in [9.17, 15) is 23.1 Å². The summed E-state index contributed by atoms with van der Waals surface area (Å²) in [6.45, 7) is 5.47. The summed E-state index contributed by atoms with van der Waals surface area (Å²) in [5.74, 6) is 0.472. The van der Waals surface area contributed by atoms with Gasteiger partial charge in [0.15, 0.2) is 0 Å². The molecule has 4 rings (SSSR count). The summed E-state index contributed by atoms with van der Waals surface area (Å²) in [5, 5.41) is 14.5. The molecule has 0 aliphatic heterocycles. The Balaban J connectivity index is 1.68. The molecule has 1 heterocycles. The number of hydrogen-bond donors (Lipinski definition) is 2. The van der Waals surface area contributed by atoms with Gasteiger partial charge in [0.1, 0.15) is 0 Å². The third kappa shape index (κ3) is 5.22. The Hall–Kier alpha value is -2.45. The molecule has 1 fully saturated rings. The number of anilines is 1. The molecule has 2 N–H and O–H groups in total. The SMILES string of the molecule is CC(C)(O)c1cc2nc([C@H]3CC[C@H](C)CC3)sc2cc1NC(=O)c1cccc(C(F)(F)F)c1. The summed E-state index contributed by atoms with van der Waals surface area (Å²) < 4.78 is 40.1. The molecule has 0 radical (unpaired) electrons. The molecule has 0 unspecified atom stereocenters. The number of hydrogen-bond acceptors (Lipinski definition) is 4. The van der Waals surface area contributed by atoms with Crippen molar-refractivity contribution in [1.82, 2.24) is 4.98 Å². The minimum atomic E-state index is -4.54. The van der Waals surface area contributed by atoms with Crippen molar-refractivity contribution in [2.75, 3.05) is 5.32 Å². The molecule has 1 aliphatic rings. The van der Waals surface area contributed by atoms with E-state index in [1.807, 2.05) is 0 Å². The molecule has 4 nitrogen and oxygen atoms in total. The first-order valence-corrected chi connectivity index (χ1v) is 11.9. The monoisotopic (exact) mass is 476 g/mol. The van der Waals surface area contributed by atoms with Crippen LogP contribution < -0.4 is 5.32 Å². The minimum Gasteiger partial charge on any atom is -0.386 e. The molecule has 3 aromatic rings.